The van der Waals surface area contributed by atoms with Crippen molar-refractivity contribution in [1.29, 1.82) is 0 Å². The number of hydrogen-bond donors (Lipinski definition) is 0. The number of fused-ring (bicyclic) bond motifs is 1. The van der Waals surface area contributed by atoms with Crippen LogP contribution in [-0.4, -0.2) is 47.2 Å². The minimum absolute atomic E-state index is 0.0361. The van der Waals surface area contributed by atoms with Crippen molar-refractivity contribution in [3.8, 4) is 11.4 Å². The number of ketones is 1. The molecule has 0 spiro atoms. The van der Waals surface area contributed by atoms with Crippen molar-refractivity contribution in [1.82, 2.24) is 20.2 Å². The number of benzene rings is 2. The summed E-state index contributed by atoms with van der Waals surface area (Å²) in [4.78, 5) is 14.1. The third-order valence-corrected chi connectivity index (χ3v) is 6.63. The lowest BCUT2D eigenvalue weighted by molar-refractivity contribution is 0.0961. The molecule has 0 amide bonds. The summed E-state index contributed by atoms with van der Waals surface area (Å²) in [6, 6.07) is 13.1. The van der Waals surface area contributed by atoms with Crippen LogP contribution in [-0.2, 0) is 23.0 Å². The zero-order valence-corrected chi connectivity index (χ0v) is 18.6. The van der Waals surface area contributed by atoms with Gasteiger partial charge in [-0.15, -0.1) is 10.2 Å². The molecule has 0 unspecified atom stereocenters. The van der Waals surface area contributed by atoms with Crippen molar-refractivity contribution in [2.75, 3.05) is 17.1 Å². The van der Waals surface area contributed by atoms with Crippen LogP contribution in [0.25, 0.3) is 11.4 Å². The quantitative estimate of drug-likeness (QED) is 0.548. The van der Waals surface area contributed by atoms with E-state index in [0.29, 0.717) is 29.5 Å². The van der Waals surface area contributed by atoms with Crippen molar-refractivity contribution in [3.05, 3.63) is 59.2 Å². The van der Waals surface area contributed by atoms with Gasteiger partial charge in [0.2, 0.25) is 15.8 Å². The number of aryl methyl sites for hydroxylation is 1. The molecule has 8 nitrogen and oxygen atoms in total. The molecule has 1 aromatic heterocycles. The molecular formula is C22H25N5O3S. The highest BCUT2D eigenvalue weighted by Crippen LogP contribution is 2.30. The standard InChI is InChI=1S/C22H25N5O3S/c1-15(2)16-6-8-17(9-7-16)22-23-25-27(24-22)14-21(28)19-10-11-20-18(13-19)5-4-12-26(20)31(3,29)30/h6-11,13,15H,4-5,12,14H2,1-3H3. The van der Waals surface area contributed by atoms with Crippen LogP contribution in [0.4, 0.5) is 5.69 Å². The second-order valence-electron chi connectivity index (χ2n) is 8.13. The largest absolute Gasteiger partial charge is 0.292 e. The van der Waals surface area contributed by atoms with Crippen molar-refractivity contribution in [3.63, 3.8) is 0 Å². The van der Waals surface area contributed by atoms with E-state index < -0.39 is 10.0 Å². The SMILES string of the molecule is CC(C)c1ccc(-c2nnn(CC(=O)c3ccc4c(c3)CCCN4S(C)(=O)=O)n2)cc1. The Labute approximate surface area is 181 Å². The van der Waals surface area contributed by atoms with Gasteiger partial charge in [0.25, 0.3) is 0 Å². The van der Waals surface area contributed by atoms with Crippen molar-refractivity contribution >= 4 is 21.5 Å². The van der Waals surface area contributed by atoms with Gasteiger partial charge in [0.1, 0.15) is 6.54 Å². The predicted molar refractivity (Wildman–Crippen MR) is 119 cm³/mol. The van der Waals surface area contributed by atoms with E-state index in [1.807, 2.05) is 24.3 Å². The Morgan fingerprint density at radius 3 is 2.55 bits per heavy atom. The maximum absolute atomic E-state index is 12.8. The van der Waals surface area contributed by atoms with Gasteiger partial charge in [-0.05, 0) is 53.3 Å². The van der Waals surface area contributed by atoms with E-state index >= 15 is 0 Å². The lowest BCUT2D eigenvalue weighted by Gasteiger charge is -2.29. The van der Waals surface area contributed by atoms with Crippen LogP contribution in [0.3, 0.4) is 0 Å². The first kappa shape index (κ1) is 21.2. The van der Waals surface area contributed by atoms with E-state index in [9.17, 15) is 13.2 Å². The summed E-state index contributed by atoms with van der Waals surface area (Å²) < 4.78 is 25.4. The molecule has 1 aliphatic heterocycles. The third kappa shape index (κ3) is 4.51. The van der Waals surface area contributed by atoms with Gasteiger partial charge in [0, 0.05) is 17.7 Å². The van der Waals surface area contributed by atoms with Gasteiger partial charge in [0.05, 0.1) is 11.9 Å². The van der Waals surface area contributed by atoms with E-state index in [0.717, 1.165) is 24.0 Å². The molecule has 4 rings (SSSR count). The zero-order valence-electron chi connectivity index (χ0n) is 17.8. The molecule has 0 fully saturated rings. The van der Waals surface area contributed by atoms with Crippen LogP contribution in [0.15, 0.2) is 42.5 Å². The highest BCUT2D eigenvalue weighted by Gasteiger charge is 2.25. The van der Waals surface area contributed by atoms with E-state index in [1.165, 1.54) is 20.9 Å². The van der Waals surface area contributed by atoms with Crippen molar-refractivity contribution in [2.45, 2.75) is 39.2 Å². The monoisotopic (exact) mass is 439 g/mol. The van der Waals surface area contributed by atoms with Crippen molar-refractivity contribution < 1.29 is 13.2 Å². The van der Waals surface area contributed by atoms with Crippen LogP contribution in [0.2, 0.25) is 0 Å². The van der Waals surface area contributed by atoms with Gasteiger partial charge in [-0.25, -0.2) is 8.42 Å². The Hall–Kier alpha value is -3.07. The molecule has 0 atom stereocenters. The molecule has 9 heteroatoms. The molecule has 31 heavy (non-hydrogen) atoms. The van der Waals surface area contributed by atoms with Crippen LogP contribution in [0, 0.1) is 0 Å². The molecule has 0 radical (unpaired) electrons. The maximum atomic E-state index is 12.8. The highest BCUT2D eigenvalue weighted by atomic mass is 32.2. The average Bonchev–Trinajstić information content (AvgIpc) is 3.20. The van der Waals surface area contributed by atoms with Crippen molar-refractivity contribution in [2.24, 2.45) is 0 Å². The molecule has 2 heterocycles. The fourth-order valence-corrected chi connectivity index (χ4v) is 4.74. The summed E-state index contributed by atoms with van der Waals surface area (Å²) >= 11 is 0. The molecule has 162 valence electrons. The molecule has 0 aliphatic carbocycles. The normalized spacial score (nSPS) is 14.0. The number of Topliss-reactive ketones (excluding diaryl/α,β-unsaturated/α-hetero) is 1. The first-order valence-corrected chi connectivity index (χ1v) is 12.1. The minimum Gasteiger partial charge on any atom is -0.292 e. The second-order valence-corrected chi connectivity index (χ2v) is 10.0. The molecule has 0 saturated carbocycles. The highest BCUT2D eigenvalue weighted by molar-refractivity contribution is 7.92. The number of anilines is 1. The molecule has 0 bridgehead atoms. The lowest BCUT2D eigenvalue weighted by Crippen LogP contribution is -2.34. The summed E-state index contributed by atoms with van der Waals surface area (Å²) in [5, 5.41) is 12.4. The predicted octanol–water partition coefficient (Wildman–Crippen LogP) is 3.06. The number of hydrogen-bond acceptors (Lipinski definition) is 6. The maximum Gasteiger partial charge on any atom is 0.232 e. The van der Waals surface area contributed by atoms with Gasteiger partial charge in [-0.1, -0.05) is 38.1 Å². The Bertz CT molecular complexity index is 1220. The second kappa shape index (κ2) is 8.22. The average molecular weight is 440 g/mol. The van der Waals surface area contributed by atoms with E-state index in [2.05, 4.69) is 29.3 Å². The summed E-state index contributed by atoms with van der Waals surface area (Å²) in [5.41, 5.74) is 4.09. The van der Waals surface area contributed by atoms with Gasteiger partial charge >= 0.3 is 0 Å². The van der Waals surface area contributed by atoms with Crippen LogP contribution >= 0.6 is 0 Å². The molecule has 0 saturated heterocycles. The van der Waals surface area contributed by atoms with E-state index in [4.69, 9.17) is 0 Å². The number of carbonyl (C=O) groups excluding carboxylic acids is 1. The zero-order chi connectivity index (χ0) is 22.2. The molecule has 0 N–H and O–H groups in total. The van der Waals surface area contributed by atoms with Gasteiger partial charge in [0.15, 0.2) is 5.78 Å². The molecular weight excluding hydrogens is 414 g/mol. The Balaban J connectivity index is 1.50. The third-order valence-electron chi connectivity index (χ3n) is 5.45. The van der Waals surface area contributed by atoms with Crippen LogP contribution in [0.1, 0.15) is 47.7 Å². The summed E-state index contributed by atoms with van der Waals surface area (Å²) in [7, 11) is -3.34. The minimum atomic E-state index is -3.34. The fraction of sp³-hybridized carbons (Fsp3) is 0.364. The molecule has 2 aromatic carbocycles. The van der Waals surface area contributed by atoms with Gasteiger partial charge in [-0.3, -0.25) is 9.10 Å². The molecule has 3 aromatic rings. The molecule has 1 aliphatic rings. The number of aromatic nitrogens is 4. The van der Waals surface area contributed by atoms with E-state index in [-0.39, 0.29) is 12.3 Å². The van der Waals surface area contributed by atoms with Gasteiger partial charge in [-0.2, -0.15) is 4.80 Å². The fourth-order valence-electron chi connectivity index (χ4n) is 3.74. The summed E-state index contributed by atoms with van der Waals surface area (Å²) in [5.74, 6) is 0.757. The van der Waals surface area contributed by atoms with Crippen LogP contribution < -0.4 is 4.31 Å². The number of sulfonamides is 1. The number of tetrazole rings is 1. The van der Waals surface area contributed by atoms with Crippen LogP contribution in [0.5, 0.6) is 0 Å². The summed E-state index contributed by atoms with van der Waals surface area (Å²) in [6.45, 7) is 4.69. The summed E-state index contributed by atoms with van der Waals surface area (Å²) in [6.07, 6.45) is 2.66. The Morgan fingerprint density at radius 1 is 1.13 bits per heavy atom. The number of rotatable bonds is 6. The number of carbonyl (C=O) groups is 1. The van der Waals surface area contributed by atoms with Gasteiger partial charge < -0.3 is 0 Å². The van der Waals surface area contributed by atoms with E-state index in [1.54, 1.807) is 18.2 Å². The topological polar surface area (TPSA) is 98.0 Å². The Kier molecular flexibility index (Phi) is 5.62. The smallest absolute Gasteiger partial charge is 0.232 e. The Morgan fingerprint density at radius 2 is 1.87 bits per heavy atom. The first-order chi connectivity index (χ1) is 14.7. The first-order valence-electron chi connectivity index (χ1n) is 10.2. The lowest BCUT2D eigenvalue weighted by atomic mass is 9.99. The number of nitrogens with zero attached hydrogens (tertiary/aromatic N) is 5.